The summed E-state index contributed by atoms with van der Waals surface area (Å²) >= 11 is 0. The monoisotopic (exact) mass is 154 g/mol. The normalized spacial score (nSPS) is 31.2. The summed E-state index contributed by atoms with van der Waals surface area (Å²) in [7, 11) is 0. The Morgan fingerprint density at radius 2 is 2.55 bits per heavy atom. The Morgan fingerprint density at radius 1 is 1.82 bits per heavy atom. The van der Waals surface area contributed by atoms with E-state index in [0.717, 1.165) is 19.3 Å². The average Bonchev–Trinajstić information content (AvgIpc) is 1.96. The SMILES string of the molecule is C=CC[C@]1(C)CCCOC1=O. The summed E-state index contributed by atoms with van der Waals surface area (Å²) in [6.45, 7) is 6.16. The van der Waals surface area contributed by atoms with E-state index < -0.39 is 0 Å². The minimum absolute atomic E-state index is 0.0661. The summed E-state index contributed by atoms with van der Waals surface area (Å²) in [5.74, 6) is -0.0661. The molecular weight excluding hydrogens is 140 g/mol. The number of allylic oxidation sites excluding steroid dienone is 1. The van der Waals surface area contributed by atoms with Gasteiger partial charge in [0.1, 0.15) is 0 Å². The first-order valence-corrected chi connectivity index (χ1v) is 3.97. The molecule has 0 bridgehead atoms. The number of ether oxygens (including phenoxy) is 1. The fourth-order valence-corrected chi connectivity index (χ4v) is 1.41. The van der Waals surface area contributed by atoms with Crippen molar-refractivity contribution in [2.75, 3.05) is 6.61 Å². The Hall–Kier alpha value is -0.790. The van der Waals surface area contributed by atoms with Gasteiger partial charge in [0.25, 0.3) is 0 Å². The van der Waals surface area contributed by atoms with Gasteiger partial charge in [-0.25, -0.2) is 0 Å². The highest BCUT2D eigenvalue weighted by molar-refractivity contribution is 5.77. The number of cyclic esters (lactones) is 1. The van der Waals surface area contributed by atoms with E-state index in [0.29, 0.717) is 6.61 Å². The molecule has 1 heterocycles. The first kappa shape index (κ1) is 8.31. The maximum Gasteiger partial charge on any atom is 0.312 e. The van der Waals surface area contributed by atoms with Crippen LogP contribution < -0.4 is 0 Å². The minimum Gasteiger partial charge on any atom is -0.465 e. The molecule has 0 unspecified atom stereocenters. The molecule has 2 heteroatoms. The van der Waals surface area contributed by atoms with Gasteiger partial charge in [-0.05, 0) is 26.2 Å². The molecule has 0 aliphatic carbocycles. The van der Waals surface area contributed by atoms with Crippen LogP contribution in [0.4, 0.5) is 0 Å². The highest BCUT2D eigenvalue weighted by atomic mass is 16.5. The van der Waals surface area contributed by atoms with Gasteiger partial charge in [0, 0.05) is 0 Å². The van der Waals surface area contributed by atoms with Crippen LogP contribution in [-0.4, -0.2) is 12.6 Å². The minimum atomic E-state index is -0.292. The maximum atomic E-state index is 11.2. The van der Waals surface area contributed by atoms with Crippen molar-refractivity contribution in [3.05, 3.63) is 12.7 Å². The van der Waals surface area contributed by atoms with Crippen molar-refractivity contribution in [3.63, 3.8) is 0 Å². The van der Waals surface area contributed by atoms with Gasteiger partial charge in [-0.1, -0.05) is 6.08 Å². The molecule has 1 fully saturated rings. The lowest BCUT2D eigenvalue weighted by atomic mass is 9.81. The molecule has 11 heavy (non-hydrogen) atoms. The summed E-state index contributed by atoms with van der Waals surface area (Å²) < 4.78 is 4.96. The third kappa shape index (κ3) is 1.62. The van der Waals surface area contributed by atoms with Crippen molar-refractivity contribution in [2.45, 2.75) is 26.2 Å². The smallest absolute Gasteiger partial charge is 0.312 e. The van der Waals surface area contributed by atoms with Crippen LogP contribution in [0.1, 0.15) is 26.2 Å². The third-order valence-electron chi connectivity index (χ3n) is 2.19. The summed E-state index contributed by atoms with van der Waals surface area (Å²) in [4.78, 5) is 11.2. The molecule has 0 saturated carbocycles. The summed E-state index contributed by atoms with van der Waals surface area (Å²) in [6, 6.07) is 0. The van der Waals surface area contributed by atoms with Crippen molar-refractivity contribution in [2.24, 2.45) is 5.41 Å². The molecule has 1 aliphatic heterocycles. The molecule has 0 aromatic rings. The zero-order chi connectivity index (χ0) is 8.32. The molecule has 1 saturated heterocycles. The van der Waals surface area contributed by atoms with Crippen LogP contribution in [0.25, 0.3) is 0 Å². The molecule has 1 aliphatic rings. The third-order valence-corrected chi connectivity index (χ3v) is 2.19. The van der Waals surface area contributed by atoms with Crippen molar-refractivity contribution in [3.8, 4) is 0 Å². The first-order valence-electron chi connectivity index (χ1n) is 3.97. The number of carbonyl (C=O) groups excluding carboxylic acids is 1. The average molecular weight is 154 g/mol. The molecule has 0 amide bonds. The molecule has 0 radical (unpaired) electrons. The summed E-state index contributed by atoms with van der Waals surface area (Å²) in [5.41, 5.74) is -0.292. The van der Waals surface area contributed by atoms with E-state index in [1.165, 1.54) is 0 Å². The topological polar surface area (TPSA) is 26.3 Å². The van der Waals surface area contributed by atoms with Crippen molar-refractivity contribution >= 4 is 5.97 Å². The van der Waals surface area contributed by atoms with Crippen LogP contribution in [0.3, 0.4) is 0 Å². The maximum absolute atomic E-state index is 11.2. The molecule has 0 aromatic heterocycles. The Labute approximate surface area is 67.2 Å². The first-order chi connectivity index (χ1) is 5.19. The van der Waals surface area contributed by atoms with Crippen LogP contribution in [0.15, 0.2) is 12.7 Å². The van der Waals surface area contributed by atoms with E-state index in [-0.39, 0.29) is 11.4 Å². The van der Waals surface area contributed by atoms with Crippen LogP contribution in [0.5, 0.6) is 0 Å². The fourth-order valence-electron chi connectivity index (χ4n) is 1.41. The second-order valence-corrected chi connectivity index (χ2v) is 3.29. The van der Waals surface area contributed by atoms with E-state index in [2.05, 4.69) is 6.58 Å². The highest BCUT2D eigenvalue weighted by Crippen LogP contribution is 2.32. The zero-order valence-electron chi connectivity index (χ0n) is 6.93. The Kier molecular flexibility index (Phi) is 2.32. The van der Waals surface area contributed by atoms with Crippen molar-refractivity contribution < 1.29 is 9.53 Å². The van der Waals surface area contributed by atoms with E-state index in [1.807, 2.05) is 6.92 Å². The van der Waals surface area contributed by atoms with Gasteiger partial charge < -0.3 is 4.74 Å². The number of carbonyl (C=O) groups is 1. The summed E-state index contributed by atoms with van der Waals surface area (Å²) in [5, 5.41) is 0. The number of hydrogen-bond acceptors (Lipinski definition) is 2. The van der Waals surface area contributed by atoms with Crippen LogP contribution in [-0.2, 0) is 9.53 Å². The fraction of sp³-hybridized carbons (Fsp3) is 0.667. The zero-order valence-corrected chi connectivity index (χ0v) is 6.93. The van der Waals surface area contributed by atoms with Crippen molar-refractivity contribution in [1.29, 1.82) is 0 Å². The summed E-state index contributed by atoms with van der Waals surface area (Å²) in [6.07, 6.45) is 4.42. The van der Waals surface area contributed by atoms with E-state index in [1.54, 1.807) is 6.08 Å². The van der Waals surface area contributed by atoms with E-state index in [9.17, 15) is 4.79 Å². The number of hydrogen-bond donors (Lipinski definition) is 0. The molecule has 0 spiro atoms. The number of rotatable bonds is 2. The Balaban J connectivity index is 2.64. The van der Waals surface area contributed by atoms with Gasteiger partial charge >= 0.3 is 5.97 Å². The number of esters is 1. The van der Waals surface area contributed by atoms with Gasteiger partial charge in [-0.3, -0.25) is 4.79 Å². The van der Waals surface area contributed by atoms with Gasteiger partial charge in [0.05, 0.1) is 12.0 Å². The largest absolute Gasteiger partial charge is 0.465 e. The van der Waals surface area contributed by atoms with E-state index >= 15 is 0 Å². The van der Waals surface area contributed by atoms with Gasteiger partial charge in [0.2, 0.25) is 0 Å². The molecule has 1 atom stereocenters. The van der Waals surface area contributed by atoms with Gasteiger partial charge in [-0.15, -0.1) is 6.58 Å². The second-order valence-electron chi connectivity index (χ2n) is 3.29. The van der Waals surface area contributed by atoms with Crippen LogP contribution in [0.2, 0.25) is 0 Å². The van der Waals surface area contributed by atoms with Gasteiger partial charge in [0.15, 0.2) is 0 Å². The molecular formula is C9H14O2. The van der Waals surface area contributed by atoms with Gasteiger partial charge in [-0.2, -0.15) is 0 Å². The molecule has 2 nitrogen and oxygen atoms in total. The lowest BCUT2D eigenvalue weighted by Gasteiger charge is -2.30. The molecule has 1 rings (SSSR count). The predicted octanol–water partition coefficient (Wildman–Crippen LogP) is 1.91. The molecule has 0 aromatic carbocycles. The second kappa shape index (κ2) is 3.07. The quantitative estimate of drug-likeness (QED) is 0.448. The lowest BCUT2D eigenvalue weighted by molar-refractivity contribution is -0.160. The van der Waals surface area contributed by atoms with E-state index in [4.69, 9.17) is 4.74 Å². The predicted molar refractivity (Wildman–Crippen MR) is 43.1 cm³/mol. The standard InChI is InChI=1S/C9H14O2/c1-3-5-9(2)6-4-7-11-8(9)10/h3H,1,4-7H2,2H3/t9-/m1/s1. The van der Waals surface area contributed by atoms with Crippen LogP contribution in [0, 0.1) is 5.41 Å². The highest BCUT2D eigenvalue weighted by Gasteiger charge is 2.35. The molecule has 62 valence electrons. The lowest BCUT2D eigenvalue weighted by Crippen LogP contribution is -2.34. The Morgan fingerprint density at radius 3 is 3.09 bits per heavy atom. The Bertz CT molecular complexity index is 174. The molecule has 0 N–H and O–H groups in total. The van der Waals surface area contributed by atoms with Crippen LogP contribution >= 0.6 is 0 Å². The van der Waals surface area contributed by atoms with Crippen molar-refractivity contribution in [1.82, 2.24) is 0 Å².